The predicted molar refractivity (Wildman–Crippen MR) is 107 cm³/mol. The highest BCUT2D eigenvalue weighted by Crippen LogP contribution is 2.46. The van der Waals surface area contributed by atoms with Gasteiger partial charge in [0.05, 0.1) is 10.9 Å². The van der Waals surface area contributed by atoms with Gasteiger partial charge in [0, 0.05) is 36.7 Å². The predicted octanol–water partition coefficient (Wildman–Crippen LogP) is 3.07. The number of benzene rings is 1. The van der Waals surface area contributed by atoms with Crippen LogP contribution in [0.3, 0.4) is 0 Å². The number of nitrogens with one attached hydrogen (secondary N) is 2. The number of aromatic amines is 2. The topological polar surface area (TPSA) is 80.9 Å². The molecule has 1 aromatic carbocycles. The molecule has 1 saturated carbocycles. The smallest absolute Gasteiger partial charge is 0.270 e. The normalized spacial score (nSPS) is 18.1. The van der Waals surface area contributed by atoms with Crippen molar-refractivity contribution >= 4 is 33.7 Å². The third-order valence-corrected chi connectivity index (χ3v) is 6.20. The summed E-state index contributed by atoms with van der Waals surface area (Å²) in [6.45, 7) is 2.04. The standard InChI is InChI=1S/C21H19FN6O/c22-15-2-1-3-16-14(15)10-17(26-16)20(29)28-9-8-27(11-21(28)5-6-21)19-13-4-7-23-18(13)24-12-25-19/h1-4,7,10,12,26H,5-6,8-9,11H2,(H,23,24,25). The lowest BCUT2D eigenvalue weighted by molar-refractivity contribution is 0.0619. The molecule has 6 rings (SSSR count). The highest BCUT2D eigenvalue weighted by atomic mass is 19.1. The fourth-order valence-corrected chi connectivity index (χ4v) is 4.54. The number of rotatable bonds is 2. The van der Waals surface area contributed by atoms with Crippen LogP contribution < -0.4 is 4.90 Å². The molecule has 29 heavy (non-hydrogen) atoms. The molecule has 0 radical (unpaired) electrons. The van der Waals surface area contributed by atoms with Crippen molar-refractivity contribution in [1.29, 1.82) is 0 Å². The van der Waals surface area contributed by atoms with E-state index in [0.29, 0.717) is 29.7 Å². The molecule has 0 unspecified atom stereocenters. The molecule has 2 aliphatic rings. The maximum Gasteiger partial charge on any atom is 0.270 e. The van der Waals surface area contributed by atoms with Crippen LogP contribution >= 0.6 is 0 Å². The van der Waals surface area contributed by atoms with Gasteiger partial charge in [-0.3, -0.25) is 4.79 Å². The number of amides is 1. The van der Waals surface area contributed by atoms with Crippen molar-refractivity contribution in [2.75, 3.05) is 24.5 Å². The van der Waals surface area contributed by atoms with E-state index in [0.717, 1.165) is 36.2 Å². The molecule has 1 amide bonds. The van der Waals surface area contributed by atoms with Gasteiger partial charge in [0.1, 0.15) is 29.3 Å². The summed E-state index contributed by atoms with van der Waals surface area (Å²) in [7, 11) is 0. The summed E-state index contributed by atoms with van der Waals surface area (Å²) in [5.74, 6) is 0.526. The van der Waals surface area contributed by atoms with Crippen LogP contribution in [0.4, 0.5) is 10.2 Å². The van der Waals surface area contributed by atoms with Gasteiger partial charge >= 0.3 is 0 Å². The van der Waals surface area contributed by atoms with E-state index in [1.807, 2.05) is 17.2 Å². The zero-order chi connectivity index (χ0) is 19.6. The molecule has 1 spiro atoms. The number of carbonyl (C=O) groups excluding carboxylic acids is 1. The molecule has 2 fully saturated rings. The number of hydrogen-bond acceptors (Lipinski definition) is 4. The van der Waals surface area contributed by atoms with Crippen LogP contribution in [-0.4, -0.2) is 55.9 Å². The second-order valence-electron chi connectivity index (χ2n) is 7.92. The van der Waals surface area contributed by atoms with E-state index in [1.165, 1.54) is 6.07 Å². The van der Waals surface area contributed by atoms with E-state index >= 15 is 0 Å². The number of piperazine rings is 1. The van der Waals surface area contributed by atoms with Gasteiger partial charge in [-0.25, -0.2) is 14.4 Å². The summed E-state index contributed by atoms with van der Waals surface area (Å²) in [5, 5.41) is 1.45. The Morgan fingerprint density at radius 1 is 1.14 bits per heavy atom. The second kappa shape index (κ2) is 5.79. The molecule has 8 heteroatoms. The Morgan fingerprint density at radius 2 is 2.03 bits per heavy atom. The SMILES string of the molecule is O=C(c1cc2c(F)cccc2[nH]1)N1CCN(c2ncnc3[nH]ccc23)CC12CC2. The number of aromatic nitrogens is 4. The van der Waals surface area contributed by atoms with Crippen LogP contribution in [0, 0.1) is 5.82 Å². The molecular formula is C21H19FN6O. The van der Waals surface area contributed by atoms with Crippen molar-refractivity contribution in [3.63, 3.8) is 0 Å². The van der Waals surface area contributed by atoms with Crippen LogP contribution in [0.25, 0.3) is 21.9 Å². The Labute approximate surface area is 165 Å². The Balaban J connectivity index is 1.30. The molecule has 0 atom stereocenters. The summed E-state index contributed by atoms with van der Waals surface area (Å²) >= 11 is 0. The first kappa shape index (κ1) is 16.5. The van der Waals surface area contributed by atoms with E-state index in [2.05, 4.69) is 24.8 Å². The Bertz CT molecular complexity index is 1260. The molecule has 2 N–H and O–H groups in total. The minimum Gasteiger partial charge on any atom is -0.352 e. The van der Waals surface area contributed by atoms with Crippen molar-refractivity contribution in [1.82, 2.24) is 24.8 Å². The minimum absolute atomic E-state index is 0.0628. The second-order valence-corrected chi connectivity index (χ2v) is 7.92. The number of carbonyl (C=O) groups is 1. The third kappa shape index (κ3) is 2.45. The van der Waals surface area contributed by atoms with Gasteiger partial charge in [0.15, 0.2) is 0 Å². The van der Waals surface area contributed by atoms with E-state index in [-0.39, 0.29) is 17.3 Å². The molecule has 0 bridgehead atoms. The fraction of sp³-hybridized carbons (Fsp3) is 0.286. The molecule has 4 heterocycles. The molecule has 1 aliphatic carbocycles. The van der Waals surface area contributed by atoms with Gasteiger partial charge in [0.25, 0.3) is 5.91 Å². The monoisotopic (exact) mass is 390 g/mol. The fourth-order valence-electron chi connectivity index (χ4n) is 4.54. The molecule has 146 valence electrons. The van der Waals surface area contributed by atoms with Gasteiger partial charge in [-0.1, -0.05) is 6.07 Å². The highest BCUT2D eigenvalue weighted by molar-refractivity contribution is 5.99. The molecule has 1 aliphatic heterocycles. The lowest BCUT2D eigenvalue weighted by atomic mass is 10.1. The number of anilines is 1. The molecule has 3 aromatic heterocycles. The lowest BCUT2D eigenvalue weighted by Crippen LogP contribution is -2.57. The summed E-state index contributed by atoms with van der Waals surface area (Å²) < 4.78 is 14.0. The first-order valence-electron chi connectivity index (χ1n) is 9.77. The van der Waals surface area contributed by atoms with Crippen LogP contribution in [0.5, 0.6) is 0 Å². The molecule has 1 saturated heterocycles. The van der Waals surface area contributed by atoms with Crippen molar-refractivity contribution in [3.8, 4) is 0 Å². The van der Waals surface area contributed by atoms with E-state index in [4.69, 9.17) is 0 Å². The van der Waals surface area contributed by atoms with E-state index in [1.54, 1.807) is 24.5 Å². The zero-order valence-electron chi connectivity index (χ0n) is 15.7. The average Bonchev–Trinajstić information content (AvgIpc) is 3.16. The summed E-state index contributed by atoms with van der Waals surface area (Å²) in [5.41, 5.74) is 1.73. The van der Waals surface area contributed by atoms with Gasteiger partial charge < -0.3 is 19.8 Å². The molecule has 7 nitrogen and oxygen atoms in total. The number of fused-ring (bicyclic) bond motifs is 2. The third-order valence-electron chi connectivity index (χ3n) is 6.20. The van der Waals surface area contributed by atoms with Gasteiger partial charge in [-0.15, -0.1) is 0 Å². The Hall–Kier alpha value is -3.42. The first-order chi connectivity index (χ1) is 14.1. The van der Waals surface area contributed by atoms with Gasteiger partial charge in [-0.2, -0.15) is 0 Å². The van der Waals surface area contributed by atoms with Crippen LogP contribution in [0.15, 0.2) is 42.9 Å². The lowest BCUT2D eigenvalue weighted by Gasteiger charge is -2.42. The Morgan fingerprint density at radius 3 is 2.86 bits per heavy atom. The van der Waals surface area contributed by atoms with E-state index < -0.39 is 0 Å². The van der Waals surface area contributed by atoms with Crippen molar-refractivity contribution < 1.29 is 9.18 Å². The quantitative estimate of drug-likeness (QED) is 0.551. The van der Waals surface area contributed by atoms with Crippen LogP contribution in [0.1, 0.15) is 23.3 Å². The summed E-state index contributed by atoms with van der Waals surface area (Å²) in [4.78, 5) is 32.5. The van der Waals surface area contributed by atoms with Crippen LogP contribution in [-0.2, 0) is 0 Å². The summed E-state index contributed by atoms with van der Waals surface area (Å²) in [6, 6.07) is 8.46. The number of H-pyrrole nitrogens is 2. The zero-order valence-corrected chi connectivity index (χ0v) is 15.7. The number of hydrogen-bond donors (Lipinski definition) is 2. The number of halogens is 1. The summed E-state index contributed by atoms with van der Waals surface area (Å²) in [6.07, 6.45) is 5.37. The largest absolute Gasteiger partial charge is 0.352 e. The van der Waals surface area contributed by atoms with Crippen LogP contribution in [0.2, 0.25) is 0 Å². The van der Waals surface area contributed by atoms with Crippen molar-refractivity contribution in [2.24, 2.45) is 0 Å². The van der Waals surface area contributed by atoms with Crippen molar-refractivity contribution in [3.05, 3.63) is 54.4 Å². The molecular weight excluding hydrogens is 371 g/mol. The molecule has 4 aromatic rings. The maximum absolute atomic E-state index is 14.0. The van der Waals surface area contributed by atoms with Gasteiger partial charge in [0.2, 0.25) is 0 Å². The maximum atomic E-state index is 14.0. The highest BCUT2D eigenvalue weighted by Gasteiger charge is 2.53. The van der Waals surface area contributed by atoms with Gasteiger partial charge in [-0.05, 0) is 37.1 Å². The van der Waals surface area contributed by atoms with Crippen molar-refractivity contribution in [2.45, 2.75) is 18.4 Å². The average molecular weight is 390 g/mol. The minimum atomic E-state index is -0.317. The van der Waals surface area contributed by atoms with E-state index in [9.17, 15) is 9.18 Å². The first-order valence-corrected chi connectivity index (χ1v) is 9.77. The number of nitrogens with zero attached hydrogens (tertiary/aromatic N) is 4. The Kier molecular flexibility index (Phi) is 3.30.